The van der Waals surface area contributed by atoms with Crippen molar-refractivity contribution in [2.24, 2.45) is 0 Å². The Morgan fingerprint density at radius 2 is 2.27 bits per heavy atom. The lowest BCUT2D eigenvalue weighted by Crippen LogP contribution is -2.38. The fourth-order valence-electron chi connectivity index (χ4n) is 1.75. The zero-order valence-corrected chi connectivity index (χ0v) is 8.68. The highest BCUT2D eigenvalue weighted by Crippen LogP contribution is 2.09. The summed E-state index contributed by atoms with van der Waals surface area (Å²) in [4.78, 5) is 21.4. The van der Waals surface area contributed by atoms with Crippen molar-refractivity contribution < 1.29 is 4.79 Å². The molecule has 80 valence electrons. The summed E-state index contributed by atoms with van der Waals surface area (Å²) >= 11 is 0. The van der Waals surface area contributed by atoms with Gasteiger partial charge in [0.25, 0.3) is 5.91 Å². The Labute approximate surface area is 88.5 Å². The van der Waals surface area contributed by atoms with E-state index in [9.17, 15) is 4.79 Å². The number of likely N-dealkylation sites (N-methyl/N-ethyl adjacent to an activating group) is 1. The molecule has 1 amide bonds. The van der Waals surface area contributed by atoms with E-state index in [4.69, 9.17) is 0 Å². The third-order valence-electron chi connectivity index (χ3n) is 2.71. The molecule has 15 heavy (non-hydrogen) atoms. The topological polar surface area (TPSA) is 58.1 Å². The number of rotatable bonds is 2. The van der Waals surface area contributed by atoms with E-state index in [1.807, 2.05) is 7.05 Å². The van der Waals surface area contributed by atoms with Crippen LogP contribution in [0.3, 0.4) is 0 Å². The van der Waals surface area contributed by atoms with Gasteiger partial charge in [-0.25, -0.2) is 9.97 Å². The van der Waals surface area contributed by atoms with E-state index >= 15 is 0 Å². The summed E-state index contributed by atoms with van der Waals surface area (Å²) in [7, 11) is 1.83. The molecule has 5 nitrogen and oxygen atoms in total. The smallest absolute Gasteiger partial charge is 0.257 e. The number of nitrogens with zero attached hydrogens (tertiary/aromatic N) is 3. The van der Waals surface area contributed by atoms with Gasteiger partial charge < -0.3 is 10.2 Å². The van der Waals surface area contributed by atoms with E-state index in [-0.39, 0.29) is 11.9 Å². The Kier molecular flexibility index (Phi) is 2.91. The minimum Gasteiger partial charge on any atom is -0.337 e. The van der Waals surface area contributed by atoms with Gasteiger partial charge in [-0.2, -0.15) is 0 Å². The molecule has 0 spiro atoms. The maximum Gasteiger partial charge on any atom is 0.257 e. The van der Waals surface area contributed by atoms with Gasteiger partial charge in [-0.1, -0.05) is 0 Å². The maximum absolute atomic E-state index is 11.9. The molecule has 1 saturated heterocycles. The minimum atomic E-state index is -0.00991. The molecular weight excluding hydrogens is 192 g/mol. The Bertz CT molecular complexity index is 335. The van der Waals surface area contributed by atoms with E-state index in [1.54, 1.807) is 17.3 Å². The summed E-state index contributed by atoms with van der Waals surface area (Å²) in [6, 6.07) is 0.290. The van der Waals surface area contributed by atoms with Crippen molar-refractivity contribution in [2.75, 3.05) is 20.1 Å². The lowest BCUT2D eigenvalue weighted by Gasteiger charge is -2.23. The molecule has 1 unspecified atom stereocenters. The van der Waals surface area contributed by atoms with Crippen molar-refractivity contribution in [1.29, 1.82) is 0 Å². The van der Waals surface area contributed by atoms with Crippen molar-refractivity contribution in [3.8, 4) is 0 Å². The van der Waals surface area contributed by atoms with Crippen molar-refractivity contribution >= 4 is 5.91 Å². The number of nitrogens with one attached hydrogen (secondary N) is 1. The van der Waals surface area contributed by atoms with E-state index < -0.39 is 0 Å². The highest BCUT2D eigenvalue weighted by Gasteiger charge is 2.23. The Morgan fingerprint density at radius 1 is 1.53 bits per heavy atom. The van der Waals surface area contributed by atoms with Gasteiger partial charge in [0.15, 0.2) is 0 Å². The van der Waals surface area contributed by atoms with Crippen LogP contribution in [0.4, 0.5) is 0 Å². The van der Waals surface area contributed by atoms with Crippen molar-refractivity contribution in [1.82, 2.24) is 20.2 Å². The van der Waals surface area contributed by atoms with Gasteiger partial charge in [0.2, 0.25) is 0 Å². The summed E-state index contributed by atoms with van der Waals surface area (Å²) < 4.78 is 0. The van der Waals surface area contributed by atoms with Gasteiger partial charge in [-0.3, -0.25) is 4.79 Å². The fraction of sp³-hybridized carbons (Fsp3) is 0.500. The van der Waals surface area contributed by atoms with Crippen LogP contribution in [0.2, 0.25) is 0 Å². The molecule has 1 fully saturated rings. The molecule has 1 N–H and O–H groups in total. The molecule has 0 aromatic carbocycles. The van der Waals surface area contributed by atoms with Crippen LogP contribution >= 0.6 is 0 Å². The SMILES string of the molecule is CN(C(=O)c1cncnc1)C1CCNC1. The lowest BCUT2D eigenvalue weighted by molar-refractivity contribution is 0.0743. The molecule has 0 aliphatic carbocycles. The summed E-state index contributed by atoms with van der Waals surface area (Å²) in [6.07, 6.45) is 5.53. The number of hydrogen-bond acceptors (Lipinski definition) is 4. The third-order valence-corrected chi connectivity index (χ3v) is 2.71. The zero-order valence-electron chi connectivity index (χ0n) is 8.68. The van der Waals surface area contributed by atoms with Crippen LogP contribution in [0.5, 0.6) is 0 Å². The van der Waals surface area contributed by atoms with E-state index in [0.29, 0.717) is 5.56 Å². The predicted octanol–water partition coefficient (Wildman–Crippen LogP) is -0.0895. The quantitative estimate of drug-likeness (QED) is 0.734. The molecule has 0 radical (unpaired) electrons. The number of carbonyl (C=O) groups is 1. The molecule has 2 heterocycles. The van der Waals surface area contributed by atoms with Crippen LogP contribution in [0.15, 0.2) is 18.7 Å². The minimum absolute atomic E-state index is 0.00991. The van der Waals surface area contributed by atoms with Gasteiger partial charge in [-0.15, -0.1) is 0 Å². The van der Waals surface area contributed by atoms with Gasteiger partial charge in [0, 0.05) is 32.0 Å². The standard InChI is InChI=1S/C10H14N4O/c1-14(9-2-3-11-6-9)10(15)8-4-12-7-13-5-8/h4-5,7,9,11H,2-3,6H2,1H3. The molecule has 2 rings (SSSR count). The lowest BCUT2D eigenvalue weighted by atomic mass is 10.2. The molecule has 0 bridgehead atoms. The predicted molar refractivity (Wildman–Crippen MR) is 55.4 cm³/mol. The highest BCUT2D eigenvalue weighted by molar-refractivity contribution is 5.93. The zero-order chi connectivity index (χ0) is 10.7. The molecule has 5 heteroatoms. The number of aromatic nitrogens is 2. The van der Waals surface area contributed by atoms with Crippen LogP contribution < -0.4 is 5.32 Å². The normalized spacial score (nSPS) is 20.2. The van der Waals surface area contributed by atoms with Crippen LogP contribution in [0, 0.1) is 0 Å². The molecule has 1 aliphatic rings. The van der Waals surface area contributed by atoms with Crippen LogP contribution in [-0.4, -0.2) is 47.0 Å². The van der Waals surface area contributed by atoms with Gasteiger partial charge >= 0.3 is 0 Å². The second kappa shape index (κ2) is 4.35. The largest absolute Gasteiger partial charge is 0.337 e. The van der Waals surface area contributed by atoms with Gasteiger partial charge in [0.05, 0.1) is 5.56 Å². The highest BCUT2D eigenvalue weighted by atomic mass is 16.2. The first-order valence-electron chi connectivity index (χ1n) is 5.02. The van der Waals surface area contributed by atoms with E-state index in [1.165, 1.54) is 6.33 Å². The van der Waals surface area contributed by atoms with Gasteiger partial charge in [-0.05, 0) is 13.0 Å². The molecular formula is C10H14N4O. The number of hydrogen-bond donors (Lipinski definition) is 1. The number of amides is 1. The second-order valence-corrected chi connectivity index (χ2v) is 3.69. The van der Waals surface area contributed by atoms with E-state index in [2.05, 4.69) is 15.3 Å². The Balaban J connectivity index is 2.07. The summed E-state index contributed by atoms with van der Waals surface area (Å²) in [6.45, 7) is 1.85. The maximum atomic E-state index is 11.9. The van der Waals surface area contributed by atoms with Gasteiger partial charge in [0.1, 0.15) is 6.33 Å². The van der Waals surface area contributed by atoms with Crippen molar-refractivity contribution in [2.45, 2.75) is 12.5 Å². The van der Waals surface area contributed by atoms with Crippen molar-refractivity contribution in [3.63, 3.8) is 0 Å². The van der Waals surface area contributed by atoms with Crippen molar-refractivity contribution in [3.05, 3.63) is 24.3 Å². The first-order chi connectivity index (χ1) is 7.29. The molecule has 1 atom stereocenters. The monoisotopic (exact) mass is 206 g/mol. The number of carbonyl (C=O) groups excluding carboxylic acids is 1. The average molecular weight is 206 g/mol. The summed E-state index contributed by atoms with van der Waals surface area (Å²) in [5, 5.41) is 3.23. The van der Waals surface area contributed by atoms with Crippen LogP contribution in [0.25, 0.3) is 0 Å². The molecule has 1 aromatic rings. The first-order valence-corrected chi connectivity index (χ1v) is 5.02. The third kappa shape index (κ3) is 2.12. The average Bonchev–Trinajstić information content (AvgIpc) is 2.82. The molecule has 0 saturated carbocycles. The molecule has 1 aromatic heterocycles. The summed E-state index contributed by atoms with van der Waals surface area (Å²) in [5.41, 5.74) is 0.548. The first kappa shape index (κ1) is 10.0. The fourth-order valence-corrected chi connectivity index (χ4v) is 1.75. The summed E-state index contributed by atoms with van der Waals surface area (Å²) in [5.74, 6) is -0.00991. The molecule has 1 aliphatic heterocycles. The van der Waals surface area contributed by atoms with Crippen LogP contribution in [-0.2, 0) is 0 Å². The van der Waals surface area contributed by atoms with E-state index in [0.717, 1.165) is 19.5 Å². The Hall–Kier alpha value is -1.49. The second-order valence-electron chi connectivity index (χ2n) is 3.69. The van der Waals surface area contributed by atoms with Crippen LogP contribution in [0.1, 0.15) is 16.8 Å². The Morgan fingerprint density at radius 3 is 2.87 bits per heavy atom.